The fourth-order valence-electron chi connectivity index (χ4n) is 2.76. The first kappa shape index (κ1) is 16.7. The molecule has 1 unspecified atom stereocenters. The van der Waals surface area contributed by atoms with Crippen molar-refractivity contribution in [1.82, 2.24) is 15.5 Å². The summed E-state index contributed by atoms with van der Waals surface area (Å²) < 4.78 is 24.4. The topological polar surface area (TPSA) is 39.7 Å². The van der Waals surface area contributed by atoms with Crippen LogP contribution in [0, 0.1) is 0 Å². The molecule has 2 rings (SSSR count). The molecule has 0 saturated carbocycles. The number of alkyl halides is 2. The zero-order chi connectivity index (χ0) is 15.8. The quantitative estimate of drug-likeness (QED) is 0.624. The summed E-state index contributed by atoms with van der Waals surface area (Å²) in [6.45, 7) is 2.34. The smallest absolute Gasteiger partial charge is 0.255 e. The standard InChI is InChI=1S/C16H24F2N4/c1-19-16(21-11-15(17)18)20-10-14-8-5-9-22(14)12-13-6-3-2-4-7-13/h2-4,6-7,14-15H,5,8-12H2,1H3,(H2,19,20,21). The van der Waals surface area contributed by atoms with E-state index < -0.39 is 6.43 Å². The lowest BCUT2D eigenvalue weighted by Crippen LogP contribution is -2.45. The zero-order valence-electron chi connectivity index (χ0n) is 12.9. The summed E-state index contributed by atoms with van der Waals surface area (Å²) >= 11 is 0. The predicted octanol–water partition coefficient (Wildman–Crippen LogP) is 2.08. The van der Waals surface area contributed by atoms with E-state index in [2.05, 4.69) is 44.8 Å². The molecule has 1 saturated heterocycles. The van der Waals surface area contributed by atoms with E-state index in [-0.39, 0.29) is 6.54 Å². The molecule has 1 heterocycles. The Morgan fingerprint density at radius 1 is 1.32 bits per heavy atom. The summed E-state index contributed by atoms with van der Waals surface area (Å²) in [6.07, 6.45) is -0.0897. The van der Waals surface area contributed by atoms with E-state index in [1.807, 2.05) is 6.07 Å². The highest BCUT2D eigenvalue weighted by atomic mass is 19.3. The second-order valence-electron chi connectivity index (χ2n) is 5.48. The third-order valence-electron chi connectivity index (χ3n) is 3.88. The van der Waals surface area contributed by atoms with Crippen LogP contribution in [0.3, 0.4) is 0 Å². The van der Waals surface area contributed by atoms with Gasteiger partial charge in [0.1, 0.15) is 0 Å². The SMILES string of the molecule is CN=C(NCC(F)F)NCC1CCCN1Cc1ccccc1. The normalized spacial score (nSPS) is 19.6. The molecule has 1 aromatic carbocycles. The Balaban J connectivity index is 1.81. The summed E-state index contributed by atoms with van der Waals surface area (Å²) in [4.78, 5) is 6.41. The predicted molar refractivity (Wildman–Crippen MR) is 85.2 cm³/mol. The van der Waals surface area contributed by atoms with Gasteiger partial charge in [-0.1, -0.05) is 30.3 Å². The van der Waals surface area contributed by atoms with Gasteiger partial charge in [0, 0.05) is 26.2 Å². The number of rotatable bonds is 6. The van der Waals surface area contributed by atoms with E-state index in [1.54, 1.807) is 7.05 Å². The van der Waals surface area contributed by atoms with Gasteiger partial charge in [0.05, 0.1) is 6.54 Å². The molecule has 0 spiro atoms. The lowest BCUT2D eigenvalue weighted by Gasteiger charge is -2.25. The van der Waals surface area contributed by atoms with Crippen LogP contribution in [-0.2, 0) is 6.54 Å². The van der Waals surface area contributed by atoms with E-state index in [0.717, 1.165) is 26.1 Å². The van der Waals surface area contributed by atoms with Crippen LogP contribution in [0.1, 0.15) is 18.4 Å². The van der Waals surface area contributed by atoms with Crippen molar-refractivity contribution in [3.05, 3.63) is 35.9 Å². The van der Waals surface area contributed by atoms with Gasteiger partial charge >= 0.3 is 0 Å². The molecule has 0 aromatic heterocycles. The van der Waals surface area contributed by atoms with Gasteiger partial charge in [-0.25, -0.2) is 8.78 Å². The van der Waals surface area contributed by atoms with Gasteiger partial charge in [0.15, 0.2) is 5.96 Å². The second-order valence-corrected chi connectivity index (χ2v) is 5.48. The molecule has 0 radical (unpaired) electrons. The van der Waals surface area contributed by atoms with E-state index in [4.69, 9.17) is 0 Å². The maximum Gasteiger partial charge on any atom is 0.255 e. The molecule has 22 heavy (non-hydrogen) atoms. The molecule has 1 atom stereocenters. The minimum atomic E-state index is -2.38. The molecule has 2 N–H and O–H groups in total. The number of nitrogens with zero attached hydrogens (tertiary/aromatic N) is 2. The van der Waals surface area contributed by atoms with Crippen LogP contribution in [0.5, 0.6) is 0 Å². The van der Waals surface area contributed by atoms with Crippen molar-refractivity contribution in [1.29, 1.82) is 0 Å². The Hall–Kier alpha value is -1.69. The summed E-state index contributed by atoms with van der Waals surface area (Å²) in [7, 11) is 1.59. The lowest BCUT2D eigenvalue weighted by atomic mass is 10.2. The van der Waals surface area contributed by atoms with Crippen molar-refractivity contribution >= 4 is 5.96 Å². The molecule has 6 heteroatoms. The van der Waals surface area contributed by atoms with Crippen LogP contribution in [0.4, 0.5) is 8.78 Å². The van der Waals surface area contributed by atoms with Crippen LogP contribution < -0.4 is 10.6 Å². The molecule has 1 aliphatic rings. The van der Waals surface area contributed by atoms with Crippen LogP contribution in [0.2, 0.25) is 0 Å². The minimum Gasteiger partial charge on any atom is -0.355 e. The Labute approximate surface area is 130 Å². The number of halogens is 2. The van der Waals surface area contributed by atoms with Crippen molar-refractivity contribution in [2.75, 3.05) is 26.7 Å². The maximum atomic E-state index is 12.2. The molecular weight excluding hydrogens is 286 g/mol. The van der Waals surface area contributed by atoms with Crippen LogP contribution in [-0.4, -0.2) is 50.0 Å². The van der Waals surface area contributed by atoms with Crippen LogP contribution in [0.25, 0.3) is 0 Å². The van der Waals surface area contributed by atoms with E-state index in [9.17, 15) is 8.78 Å². The molecular formula is C16H24F2N4. The number of nitrogens with one attached hydrogen (secondary N) is 2. The van der Waals surface area contributed by atoms with Gasteiger partial charge in [-0.05, 0) is 24.9 Å². The Bertz CT molecular complexity index is 464. The Kier molecular flexibility index (Phi) is 6.58. The first-order chi connectivity index (χ1) is 10.7. The molecule has 4 nitrogen and oxygen atoms in total. The monoisotopic (exact) mass is 310 g/mol. The molecule has 122 valence electrons. The van der Waals surface area contributed by atoms with Crippen molar-refractivity contribution < 1.29 is 8.78 Å². The number of hydrogen-bond donors (Lipinski definition) is 2. The minimum absolute atomic E-state index is 0.377. The highest BCUT2D eigenvalue weighted by molar-refractivity contribution is 5.79. The van der Waals surface area contributed by atoms with Gasteiger partial charge < -0.3 is 10.6 Å². The number of guanidine groups is 1. The van der Waals surface area contributed by atoms with E-state index in [0.29, 0.717) is 12.0 Å². The fourth-order valence-corrected chi connectivity index (χ4v) is 2.76. The summed E-state index contributed by atoms with van der Waals surface area (Å²) in [6, 6.07) is 10.8. The van der Waals surface area contributed by atoms with Crippen LogP contribution >= 0.6 is 0 Å². The lowest BCUT2D eigenvalue weighted by molar-refractivity contribution is 0.152. The molecule has 0 amide bonds. The molecule has 1 aliphatic heterocycles. The van der Waals surface area contributed by atoms with Gasteiger partial charge in [-0.2, -0.15) is 0 Å². The maximum absolute atomic E-state index is 12.2. The van der Waals surface area contributed by atoms with Gasteiger partial charge in [0.25, 0.3) is 6.43 Å². The summed E-state index contributed by atoms with van der Waals surface area (Å²) in [5, 5.41) is 5.77. The third-order valence-corrected chi connectivity index (χ3v) is 3.88. The molecule has 1 aromatic rings. The average Bonchev–Trinajstić information content (AvgIpc) is 2.95. The largest absolute Gasteiger partial charge is 0.355 e. The first-order valence-electron chi connectivity index (χ1n) is 7.69. The Morgan fingerprint density at radius 2 is 2.09 bits per heavy atom. The van der Waals surface area contributed by atoms with E-state index in [1.165, 1.54) is 12.0 Å². The van der Waals surface area contributed by atoms with E-state index >= 15 is 0 Å². The first-order valence-corrected chi connectivity index (χ1v) is 7.69. The van der Waals surface area contributed by atoms with Gasteiger partial charge in [-0.3, -0.25) is 9.89 Å². The summed E-state index contributed by atoms with van der Waals surface area (Å²) in [5.74, 6) is 0.437. The fraction of sp³-hybridized carbons (Fsp3) is 0.562. The van der Waals surface area contributed by atoms with Crippen LogP contribution in [0.15, 0.2) is 35.3 Å². The highest BCUT2D eigenvalue weighted by Crippen LogP contribution is 2.19. The summed E-state index contributed by atoms with van der Waals surface area (Å²) in [5.41, 5.74) is 1.30. The zero-order valence-corrected chi connectivity index (χ0v) is 12.9. The van der Waals surface area contributed by atoms with Crippen molar-refractivity contribution in [2.45, 2.75) is 31.9 Å². The Morgan fingerprint density at radius 3 is 2.77 bits per heavy atom. The van der Waals surface area contributed by atoms with Crippen molar-refractivity contribution in [3.8, 4) is 0 Å². The number of benzene rings is 1. The van der Waals surface area contributed by atoms with Crippen molar-refractivity contribution in [2.24, 2.45) is 4.99 Å². The van der Waals surface area contributed by atoms with Gasteiger partial charge in [-0.15, -0.1) is 0 Å². The number of aliphatic imine (C=N–C) groups is 1. The van der Waals surface area contributed by atoms with Crippen molar-refractivity contribution in [3.63, 3.8) is 0 Å². The number of likely N-dealkylation sites (tertiary alicyclic amines) is 1. The average molecular weight is 310 g/mol. The second kappa shape index (κ2) is 8.68. The third kappa shape index (κ3) is 5.26. The molecule has 0 aliphatic carbocycles. The highest BCUT2D eigenvalue weighted by Gasteiger charge is 2.24. The number of hydrogen-bond acceptors (Lipinski definition) is 2. The molecule has 1 fully saturated rings. The van der Waals surface area contributed by atoms with Gasteiger partial charge in [0.2, 0.25) is 0 Å². The molecule has 0 bridgehead atoms.